The number of amides is 1. The van der Waals surface area contributed by atoms with Crippen molar-refractivity contribution in [1.29, 1.82) is 0 Å². The molecule has 0 radical (unpaired) electrons. The van der Waals surface area contributed by atoms with Crippen molar-refractivity contribution in [2.45, 2.75) is 13.3 Å². The number of carbonyl (C=O) groups excluding carboxylic acids is 1. The fraction of sp³-hybridized carbons (Fsp3) is 0.333. The molecular weight excluding hydrogens is 374 g/mol. The number of hydrogen-bond acceptors (Lipinski definition) is 6. The van der Waals surface area contributed by atoms with Crippen LogP contribution in [0.5, 0.6) is 11.5 Å². The summed E-state index contributed by atoms with van der Waals surface area (Å²) < 4.78 is 11.9. The van der Waals surface area contributed by atoms with Crippen LogP contribution in [-0.4, -0.2) is 49.8 Å². The minimum atomic E-state index is -0.0859. The molecule has 1 aromatic heterocycles. The van der Waals surface area contributed by atoms with Gasteiger partial charge >= 0.3 is 0 Å². The predicted octanol–water partition coefficient (Wildman–Crippen LogP) is 3.80. The number of hydrogen-bond donors (Lipinski definition) is 0. The highest BCUT2D eigenvalue weighted by molar-refractivity contribution is 7.22. The Balaban J connectivity index is 1.71. The molecule has 0 atom stereocenters. The number of para-hydroxylation sites is 1. The van der Waals surface area contributed by atoms with Gasteiger partial charge < -0.3 is 14.4 Å². The Hall–Kier alpha value is -2.64. The summed E-state index contributed by atoms with van der Waals surface area (Å²) in [5.74, 6) is 1.19. The molecule has 28 heavy (non-hydrogen) atoms. The summed E-state index contributed by atoms with van der Waals surface area (Å²) in [5.41, 5.74) is 2.75. The molecule has 0 spiro atoms. The summed E-state index contributed by atoms with van der Waals surface area (Å²) in [4.78, 5) is 22.0. The molecule has 0 N–H and O–H groups in total. The SMILES string of the molecule is CCc1cccc2sc(N(CCN(C)C)C(=O)c3ccc4c(c3)OCO4)nc12. The molecule has 4 rings (SSSR count). The Kier molecular flexibility index (Phi) is 5.19. The van der Waals surface area contributed by atoms with Gasteiger partial charge in [0.1, 0.15) is 0 Å². The van der Waals surface area contributed by atoms with Gasteiger partial charge in [-0.2, -0.15) is 0 Å². The lowest BCUT2D eigenvalue weighted by Crippen LogP contribution is -2.36. The molecule has 6 nitrogen and oxygen atoms in total. The largest absolute Gasteiger partial charge is 0.454 e. The lowest BCUT2D eigenvalue weighted by atomic mass is 10.1. The smallest absolute Gasteiger partial charge is 0.260 e. The van der Waals surface area contributed by atoms with Crippen LogP contribution in [0.3, 0.4) is 0 Å². The number of nitrogens with zero attached hydrogens (tertiary/aromatic N) is 3. The van der Waals surface area contributed by atoms with E-state index >= 15 is 0 Å². The van der Waals surface area contributed by atoms with Crippen molar-refractivity contribution in [2.75, 3.05) is 38.9 Å². The standard InChI is InChI=1S/C21H23N3O3S/c1-4-14-6-5-7-18-19(14)22-21(28-18)24(11-10-23(2)3)20(25)15-8-9-16-17(12-15)27-13-26-16/h5-9,12H,4,10-11,13H2,1-3H3. The molecule has 0 bridgehead atoms. The molecule has 2 heterocycles. The summed E-state index contributed by atoms with van der Waals surface area (Å²) in [6, 6.07) is 11.5. The molecule has 146 valence electrons. The zero-order valence-electron chi connectivity index (χ0n) is 16.3. The van der Waals surface area contributed by atoms with Gasteiger partial charge in [-0.05, 0) is 50.3 Å². The number of anilines is 1. The Labute approximate surface area is 168 Å². The van der Waals surface area contributed by atoms with E-state index in [4.69, 9.17) is 14.5 Å². The lowest BCUT2D eigenvalue weighted by molar-refractivity contribution is 0.0984. The summed E-state index contributed by atoms with van der Waals surface area (Å²) in [5, 5.41) is 0.723. The Morgan fingerprint density at radius 2 is 1.96 bits per heavy atom. The molecule has 0 saturated heterocycles. The van der Waals surface area contributed by atoms with Crippen LogP contribution in [0.4, 0.5) is 5.13 Å². The van der Waals surface area contributed by atoms with E-state index in [2.05, 4.69) is 24.0 Å². The van der Waals surface area contributed by atoms with Gasteiger partial charge in [0.05, 0.1) is 10.2 Å². The molecule has 0 unspecified atom stereocenters. The van der Waals surface area contributed by atoms with Crippen molar-refractivity contribution in [3.63, 3.8) is 0 Å². The topological polar surface area (TPSA) is 54.9 Å². The number of fused-ring (bicyclic) bond motifs is 2. The quantitative estimate of drug-likeness (QED) is 0.633. The number of aryl methyl sites for hydroxylation is 1. The van der Waals surface area contributed by atoms with Crippen LogP contribution in [0, 0.1) is 0 Å². The number of carbonyl (C=O) groups is 1. The maximum absolute atomic E-state index is 13.4. The molecule has 7 heteroatoms. The van der Waals surface area contributed by atoms with E-state index in [1.54, 1.807) is 34.4 Å². The number of thiazole rings is 1. The van der Waals surface area contributed by atoms with Crippen molar-refractivity contribution < 1.29 is 14.3 Å². The monoisotopic (exact) mass is 397 g/mol. The summed E-state index contributed by atoms with van der Waals surface area (Å²) in [7, 11) is 3.99. The van der Waals surface area contributed by atoms with Crippen molar-refractivity contribution in [3.8, 4) is 11.5 Å². The summed E-state index contributed by atoms with van der Waals surface area (Å²) in [6.07, 6.45) is 0.911. The number of benzene rings is 2. The van der Waals surface area contributed by atoms with Gasteiger partial charge in [-0.25, -0.2) is 4.98 Å². The highest BCUT2D eigenvalue weighted by Crippen LogP contribution is 2.35. The first-order valence-corrected chi connectivity index (χ1v) is 10.1. The maximum atomic E-state index is 13.4. The lowest BCUT2D eigenvalue weighted by Gasteiger charge is -2.22. The Bertz CT molecular complexity index is 1020. The van der Waals surface area contributed by atoms with E-state index in [1.165, 1.54) is 5.56 Å². The highest BCUT2D eigenvalue weighted by atomic mass is 32.1. The van der Waals surface area contributed by atoms with E-state index in [0.29, 0.717) is 23.6 Å². The van der Waals surface area contributed by atoms with E-state index in [1.807, 2.05) is 20.2 Å². The maximum Gasteiger partial charge on any atom is 0.260 e. The van der Waals surface area contributed by atoms with Gasteiger partial charge in [-0.3, -0.25) is 9.69 Å². The van der Waals surface area contributed by atoms with Gasteiger partial charge in [0.15, 0.2) is 16.6 Å². The fourth-order valence-corrected chi connectivity index (χ4v) is 4.20. The van der Waals surface area contributed by atoms with Crippen LogP contribution in [0.25, 0.3) is 10.2 Å². The van der Waals surface area contributed by atoms with E-state index < -0.39 is 0 Å². The normalized spacial score (nSPS) is 12.7. The van der Waals surface area contributed by atoms with Gasteiger partial charge in [0.25, 0.3) is 5.91 Å². The first kappa shape index (κ1) is 18.7. The van der Waals surface area contributed by atoms with Crippen molar-refractivity contribution in [2.24, 2.45) is 0 Å². The summed E-state index contributed by atoms with van der Waals surface area (Å²) in [6.45, 7) is 3.61. The van der Waals surface area contributed by atoms with Crippen LogP contribution in [0.15, 0.2) is 36.4 Å². The average Bonchev–Trinajstić information content (AvgIpc) is 3.33. The Morgan fingerprint density at radius 1 is 1.14 bits per heavy atom. The van der Waals surface area contributed by atoms with Gasteiger partial charge in [-0.15, -0.1) is 0 Å². The third-order valence-electron chi connectivity index (χ3n) is 4.74. The number of likely N-dealkylation sites (N-methyl/N-ethyl adjacent to an activating group) is 1. The molecule has 0 aliphatic carbocycles. The minimum absolute atomic E-state index is 0.0859. The molecule has 3 aromatic rings. The van der Waals surface area contributed by atoms with Crippen molar-refractivity contribution in [1.82, 2.24) is 9.88 Å². The third kappa shape index (κ3) is 3.55. The molecule has 1 aliphatic heterocycles. The van der Waals surface area contributed by atoms with Crippen LogP contribution >= 0.6 is 11.3 Å². The second kappa shape index (κ2) is 7.77. The van der Waals surface area contributed by atoms with Gasteiger partial charge in [0, 0.05) is 18.7 Å². The van der Waals surface area contributed by atoms with Crippen molar-refractivity contribution >= 4 is 32.6 Å². The van der Waals surface area contributed by atoms with Crippen LogP contribution < -0.4 is 14.4 Å². The molecule has 1 amide bonds. The van der Waals surface area contributed by atoms with Crippen LogP contribution in [-0.2, 0) is 6.42 Å². The minimum Gasteiger partial charge on any atom is -0.454 e. The number of rotatable bonds is 6. The van der Waals surface area contributed by atoms with E-state index in [9.17, 15) is 4.79 Å². The average molecular weight is 398 g/mol. The summed E-state index contributed by atoms with van der Waals surface area (Å²) >= 11 is 1.55. The van der Waals surface area contributed by atoms with Crippen LogP contribution in [0.2, 0.25) is 0 Å². The van der Waals surface area contributed by atoms with E-state index in [0.717, 1.165) is 28.3 Å². The zero-order chi connectivity index (χ0) is 19.7. The second-order valence-corrected chi connectivity index (χ2v) is 7.95. The van der Waals surface area contributed by atoms with Gasteiger partial charge in [-0.1, -0.05) is 30.4 Å². The molecule has 2 aromatic carbocycles. The van der Waals surface area contributed by atoms with Gasteiger partial charge in [0.2, 0.25) is 6.79 Å². The van der Waals surface area contributed by atoms with Crippen molar-refractivity contribution in [3.05, 3.63) is 47.5 Å². The highest BCUT2D eigenvalue weighted by Gasteiger charge is 2.24. The number of ether oxygens (including phenoxy) is 2. The molecular formula is C21H23N3O3S. The molecule has 0 saturated carbocycles. The molecule has 1 aliphatic rings. The van der Waals surface area contributed by atoms with Crippen LogP contribution in [0.1, 0.15) is 22.8 Å². The van der Waals surface area contributed by atoms with E-state index in [-0.39, 0.29) is 12.7 Å². The third-order valence-corrected chi connectivity index (χ3v) is 5.78. The fourth-order valence-electron chi connectivity index (χ4n) is 3.16. The Morgan fingerprint density at radius 3 is 2.75 bits per heavy atom. The first-order valence-electron chi connectivity index (χ1n) is 9.31. The first-order chi connectivity index (χ1) is 13.6. The molecule has 0 fully saturated rings. The number of aromatic nitrogens is 1. The predicted molar refractivity (Wildman–Crippen MR) is 112 cm³/mol. The second-order valence-electron chi connectivity index (χ2n) is 6.94. The zero-order valence-corrected chi connectivity index (χ0v) is 17.1.